The van der Waals surface area contributed by atoms with Crippen LogP contribution in [0.1, 0.15) is 24.1 Å². The van der Waals surface area contributed by atoms with Crippen LogP contribution in [0, 0.1) is 5.92 Å². The van der Waals surface area contributed by atoms with Gasteiger partial charge >= 0.3 is 5.97 Å². The molecule has 86 valence electrons. The van der Waals surface area contributed by atoms with Gasteiger partial charge in [0.15, 0.2) is 0 Å². The maximum absolute atomic E-state index is 11.1. The maximum Gasteiger partial charge on any atom is 0.308 e. The van der Waals surface area contributed by atoms with Crippen molar-refractivity contribution in [3.05, 3.63) is 16.6 Å². The van der Waals surface area contributed by atoms with Crippen molar-refractivity contribution < 1.29 is 9.90 Å². The Balaban J connectivity index is 1.75. The minimum Gasteiger partial charge on any atom is -0.481 e. The third kappa shape index (κ3) is 1.55. The van der Waals surface area contributed by atoms with Gasteiger partial charge in [-0.15, -0.1) is 11.3 Å². The van der Waals surface area contributed by atoms with Crippen LogP contribution in [-0.4, -0.2) is 33.0 Å². The fraction of sp³-hybridized carbons (Fsp3) is 0.636. The molecule has 1 aromatic heterocycles. The van der Waals surface area contributed by atoms with E-state index >= 15 is 0 Å². The lowest BCUT2D eigenvalue weighted by Crippen LogP contribution is -2.32. The molecule has 2 aliphatic rings. The molecule has 2 saturated heterocycles. The molecule has 0 radical (unpaired) electrons. The number of hydrogen-bond donors (Lipinski definition) is 1. The standard InChI is InChI=1S/C11H14N2O2S/c14-11(15)9-3-7-1-2-10(9)13(7)5-8-4-12-6-16-8/h4,6-7,9-10H,1-3,5H2,(H,14,15). The normalized spacial score (nSPS) is 33.4. The van der Waals surface area contributed by atoms with E-state index in [2.05, 4.69) is 9.88 Å². The van der Waals surface area contributed by atoms with Crippen LogP contribution in [-0.2, 0) is 11.3 Å². The van der Waals surface area contributed by atoms with Gasteiger partial charge in [0.25, 0.3) is 0 Å². The summed E-state index contributed by atoms with van der Waals surface area (Å²) in [6, 6.07) is 0.734. The first-order chi connectivity index (χ1) is 7.75. The number of rotatable bonds is 3. The predicted octanol–water partition coefficient (Wildman–Crippen LogP) is 1.58. The predicted molar refractivity (Wildman–Crippen MR) is 60.2 cm³/mol. The molecule has 0 spiro atoms. The van der Waals surface area contributed by atoms with Gasteiger partial charge < -0.3 is 5.11 Å². The Hall–Kier alpha value is -0.940. The third-order valence-electron chi connectivity index (χ3n) is 3.82. The number of fused-ring (bicyclic) bond motifs is 2. The second-order valence-electron chi connectivity index (χ2n) is 4.62. The summed E-state index contributed by atoms with van der Waals surface area (Å²) >= 11 is 1.65. The fourth-order valence-electron chi connectivity index (χ4n) is 3.11. The van der Waals surface area contributed by atoms with Crippen LogP contribution in [0.15, 0.2) is 11.7 Å². The third-order valence-corrected chi connectivity index (χ3v) is 4.58. The monoisotopic (exact) mass is 238 g/mol. The summed E-state index contributed by atoms with van der Waals surface area (Å²) in [5, 5.41) is 9.14. The van der Waals surface area contributed by atoms with E-state index < -0.39 is 5.97 Å². The van der Waals surface area contributed by atoms with Crippen molar-refractivity contribution in [3.8, 4) is 0 Å². The minimum atomic E-state index is -0.624. The molecule has 1 N–H and O–H groups in total. The lowest BCUT2D eigenvalue weighted by Gasteiger charge is -2.21. The summed E-state index contributed by atoms with van der Waals surface area (Å²) in [4.78, 5) is 18.8. The Morgan fingerprint density at radius 1 is 1.62 bits per heavy atom. The molecule has 2 fully saturated rings. The van der Waals surface area contributed by atoms with Crippen LogP contribution in [0.5, 0.6) is 0 Å². The second-order valence-corrected chi connectivity index (χ2v) is 5.59. The lowest BCUT2D eigenvalue weighted by atomic mass is 9.89. The van der Waals surface area contributed by atoms with E-state index in [0.717, 1.165) is 25.8 Å². The molecule has 3 atom stereocenters. The Labute approximate surface area is 97.9 Å². The van der Waals surface area contributed by atoms with E-state index in [0.29, 0.717) is 6.04 Å². The van der Waals surface area contributed by atoms with E-state index in [1.807, 2.05) is 11.7 Å². The number of carboxylic acids is 1. The number of aromatic nitrogens is 1. The molecule has 3 rings (SSSR count). The molecule has 2 bridgehead atoms. The van der Waals surface area contributed by atoms with Gasteiger partial charge in [-0.2, -0.15) is 0 Å². The molecule has 0 saturated carbocycles. The van der Waals surface area contributed by atoms with Crippen LogP contribution in [0.2, 0.25) is 0 Å². The Morgan fingerprint density at radius 2 is 2.50 bits per heavy atom. The highest BCUT2D eigenvalue weighted by Crippen LogP contribution is 2.42. The van der Waals surface area contributed by atoms with E-state index in [4.69, 9.17) is 5.11 Å². The zero-order valence-electron chi connectivity index (χ0n) is 8.87. The highest BCUT2D eigenvalue weighted by Gasteiger charge is 2.49. The summed E-state index contributed by atoms with van der Waals surface area (Å²) in [6.45, 7) is 0.879. The fourth-order valence-corrected chi connectivity index (χ4v) is 3.72. The van der Waals surface area contributed by atoms with E-state index in [1.165, 1.54) is 4.88 Å². The highest BCUT2D eigenvalue weighted by atomic mass is 32.1. The highest BCUT2D eigenvalue weighted by molar-refractivity contribution is 7.09. The molecular weight excluding hydrogens is 224 g/mol. The Bertz CT molecular complexity index is 393. The average molecular weight is 238 g/mol. The van der Waals surface area contributed by atoms with Gasteiger partial charge in [-0.3, -0.25) is 14.7 Å². The summed E-state index contributed by atoms with van der Waals surface area (Å²) in [5.74, 6) is -0.770. The quantitative estimate of drug-likeness (QED) is 0.868. The molecule has 2 aliphatic heterocycles. The van der Waals surface area contributed by atoms with Gasteiger partial charge in [0.1, 0.15) is 0 Å². The Morgan fingerprint density at radius 3 is 3.12 bits per heavy atom. The van der Waals surface area contributed by atoms with Crippen molar-refractivity contribution in [1.29, 1.82) is 0 Å². The molecule has 1 aromatic rings. The number of hydrogen-bond acceptors (Lipinski definition) is 4. The number of carbonyl (C=O) groups is 1. The largest absolute Gasteiger partial charge is 0.481 e. The Kier molecular flexibility index (Phi) is 2.44. The molecule has 4 nitrogen and oxygen atoms in total. The maximum atomic E-state index is 11.1. The van der Waals surface area contributed by atoms with Crippen LogP contribution >= 0.6 is 11.3 Å². The van der Waals surface area contributed by atoms with Crippen LogP contribution < -0.4 is 0 Å². The van der Waals surface area contributed by atoms with Crippen LogP contribution in [0.25, 0.3) is 0 Å². The molecule has 3 heterocycles. The minimum absolute atomic E-state index is 0.147. The van der Waals surface area contributed by atoms with Crippen molar-refractivity contribution in [1.82, 2.24) is 9.88 Å². The van der Waals surface area contributed by atoms with Gasteiger partial charge in [-0.25, -0.2) is 0 Å². The molecule has 0 amide bonds. The molecule has 16 heavy (non-hydrogen) atoms. The number of nitrogens with zero attached hydrogens (tertiary/aromatic N) is 2. The first-order valence-corrected chi connectivity index (χ1v) is 6.49. The van der Waals surface area contributed by atoms with Crippen molar-refractivity contribution in [2.45, 2.75) is 37.9 Å². The zero-order chi connectivity index (χ0) is 11.1. The van der Waals surface area contributed by atoms with E-state index in [1.54, 1.807) is 11.3 Å². The van der Waals surface area contributed by atoms with Gasteiger partial charge in [0.05, 0.1) is 11.4 Å². The number of thiazole rings is 1. The smallest absolute Gasteiger partial charge is 0.308 e. The van der Waals surface area contributed by atoms with E-state index in [9.17, 15) is 4.79 Å². The summed E-state index contributed by atoms with van der Waals surface area (Å²) in [7, 11) is 0. The molecule has 5 heteroatoms. The summed E-state index contributed by atoms with van der Waals surface area (Å²) < 4.78 is 0. The summed E-state index contributed by atoms with van der Waals surface area (Å²) in [5.41, 5.74) is 1.84. The van der Waals surface area contributed by atoms with Gasteiger partial charge in [0, 0.05) is 29.7 Å². The molecular formula is C11H14N2O2S. The second kappa shape index (κ2) is 3.82. The van der Waals surface area contributed by atoms with Gasteiger partial charge in [-0.1, -0.05) is 0 Å². The van der Waals surface area contributed by atoms with Crippen molar-refractivity contribution in [2.24, 2.45) is 5.92 Å². The zero-order valence-corrected chi connectivity index (χ0v) is 9.69. The number of carboxylic acid groups (broad SMARTS) is 1. The molecule has 0 aromatic carbocycles. The van der Waals surface area contributed by atoms with Gasteiger partial charge in [0.2, 0.25) is 0 Å². The average Bonchev–Trinajstić information content (AvgIpc) is 2.96. The van der Waals surface area contributed by atoms with Crippen LogP contribution in [0.3, 0.4) is 0 Å². The first-order valence-electron chi connectivity index (χ1n) is 5.61. The number of aliphatic carboxylic acids is 1. The van der Waals surface area contributed by atoms with Crippen molar-refractivity contribution >= 4 is 17.3 Å². The van der Waals surface area contributed by atoms with E-state index in [-0.39, 0.29) is 12.0 Å². The molecule has 3 unspecified atom stereocenters. The molecule has 0 aliphatic carbocycles. The topological polar surface area (TPSA) is 53.4 Å². The first kappa shape index (κ1) is 10.2. The van der Waals surface area contributed by atoms with Crippen molar-refractivity contribution in [2.75, 3.05) is 0 Å². The SMILES string of the molecule is O=C(O)C1CC2CCC1N2Cc1cncs1. The van der Waals surface area contributed by atoms with Gasteiger partial charge in [-0.05, 0) is 19.3 Å². The van der Waals surface area contributed by atoms with Crippen LogP contribution in [0.4, 0.5) is 0 Å². The summed E-state index contributed by atoms with van der Waals surface area (Å²) in [6.07, 6.45) is 4.92. The lowest BCUT2D eigenvalue weighted by molar-refractivity contribution is -0.142. The van der Waals surface area contributed by atoms with Crippen molar-refractivity contribution in [3.63, 3.8) is 0 Å².